The molecule has 0 saturated carbocycles. The molecule has 7 nitrogen and oxygen atoms in total. The maximum atomic E-state index is 12.5. The topological polar surface area (TPSA) is 89.8 Å². The van der Waals surface area contributed by atoms with E-state index in [9.17, 15) is 14.7 Å². The molecule has 2 aromatic heterocycles. The van der Waals surface area contributed by atoms with Crippen LogP contribution in [0.3, 0.4) is 0 Å². The minimum atomic E-state index is -1.13. The number of carbonyl (C=O) groups is 2. The van der Waals surface area contributed by atoms with Crippen LogP contribution in [0.2, 0.25) is 0 Å². The van der Waals surface area contributed by atoms with Crippen molar-refractivity contribution in [3.8, 4) is 11.8 Å². The minimum absolute atomic E-state index is 0.0655. The van der Waals surface area contributed by atoms with Gasteiger partial charge in [0.05, 0.1) is 0 Å². The molecule has 2 N–H and O–H groups in total. The lowest BCUT2D eigenvalue weighted by Crippen LogP contribution is -2.50. The summed E-state index contributed by atoms with van der Waals surface area (Å²) in [5, 5.41) is 9.61. The van der Waals surface area contributed by atoms with Crippen LogP contribution in [0.15, 0.2) is 34.9 Å². The van der Waals surface area contributed by atoms with Gasteiger partial charge in [-0.3, -0.25) is 9.59 Å². The summed E-state index contributed by atoms with van der Waals surface area (Å²) < 4.78 is 5.47. The highest BCUT2D eigenvalue weighted by Crippen LogP contribution is 2.14. The van der Waals surface area contributed by atoms with Crippen molar-refractivity contribution in [2.45, 2.75) is 19.4 Å². The van der Waals surface area contributed by atoms with E-state index in [1.807, 2.05) is 0 Å². The highest BCUT2D eigenvalue weighted by molar-refractivity contribution is 5.93. The Hall–Kier alpha value is -2.98. The van der Waals surface area contributed by atoms with Crippen molar-refractivity contribution in [3.63, 3.8) is 0 Å². The van der Waals surface area contributed by atoms with Crippen molar-refractivity contribution >= 4 is 11.8 Å². The van der Waals surface area contributed by atoms with E-state index in [-0.39, 0.29) is 17.6 Å². The van der Waals surface area contributed by atoms with Crippen LogP contribution in [-0.2, 0) is 0 Å². The number of nitrogens with one attached hydrogen (secondary N) is 1. The van der Waals surface area contributed by atoms with Crippen molar-refractivity contribution in [2.75, 3.05) is 26.2 Å². The van der Waals surface area contributed by atoms with Gasteiger partial charge in [0.1, 0.15) is 11.3 Å². The number of H-pyrrole nitrogens is 1. The summed E-state index contributed by atoms with van der Waals surface area (Å²) in [6.45, 7) is 4.96. The molecule has 7 heteroatoms. The van der Waals surface area contributed by atoms with Crippen molar-refractivity contribution in [1.29, 1.82) is 0 Å². The summed E-state index contributed by atoms with van der Waals surface area (Å²) in [5.74, 6) is 5.59. The van der Waals surface area contributed by atoms with E-state index >= 15 is 0 Å². The van der Waals surface area contributed by atoms with Gasteiger partial charge in [0.2, 0.25) is 0 Å². The molecule has 2 aromatic rings. The fourth-order valence-electron chi connectivity index (χ4n) is 2.64. The summed E-state index contributed by atoms with van der Waals surface area (Å²) in [7, 11) is 0. The van der Waals surface area contributed by atoms with E-state index in [4.69, 9.17) is 4.42 Å². The molecule has 0 atom stereocenters. The van der Waals surface area contributed by atoms with E-state index in [1.165, 1.54) is 0 Å². The van der Waals surface area contributed by atoms with Crippen molar-refractivity contribution in [2.24, 2.45) is 0 Å². The number of nitrogens with zero attached hydrogens (tertiary/aromatic N) is 2. The van der Waals surface area contributed by atoms with Crippen LogP contribution in [0, 0.1) is 11.8 Å². The van der Waals surface area contributed by atoms with Crippen molar-refractivity contribution < 1.29 is 19.1 Å². The lowest BCUT2D eigenvalue weighted by atomic mass is 10.1. The molecular formula is C19H21N3O4. The third-order valence-corrected chi connectivity index (χ3v) is 3.99. The maximum Gasteiger partial charge on any atom is 0.289 e. The number of piperazine rings is 1. The zero-order valence-corrected chi connectivity index (χ0v) is 14.8. The molecule has 0 radical (unpaired) electrons. The largest absolute Gasteiger partial charge is 0.443 e. The first-order valence-electron chi connectivity index (χ1n) is 8.41. The molecule has 0 bridgehead atoms. The third-order valence-electron chi connectivity index (χ3n) is 3.99. The lowest BCUT2D eigenvalue weighted by Gasteiger charge is -2.34. The van der Waals surface area contributed by atoms with Gasteiger partial charge in [-0.05, 0) is 44.0 Å². The average molecular weight is 355 g/mol. The van der Waals surface area contributed by atoms with E-state index in [0.29, 0.717) is 37.6 Å². The molecule has 3 heterocycles. The van der Waals surface area contributed by atoms with Crippen LogP contribution in [0.1, 0.15) is 40.7 Å². The molecule has 0 aliphatic carbocycles. The number of aromatic nitrogens is 1. The second-order valence-electron chi connectivity index (χ2n) is 6.64. The Labute approximate surface area is 151 Å². The van der Waals surface area contributed by atoms with Crippen LogP contribution in [0.5, 0.6) is 0 Å². The van der Waals surface area contributed by atoms with Crippen LogP contribution < -0.4 is 0 Å². The molecule has 0 aromatic carbocycles. The summed E-state index contributed by atoms with van der Waals surface area (Å²) in [6, 6.07) is 6.70. The fourth-order valence-corrected chi connectivity index (χ4v) is 2.64. The van der Waals surface area contributed by atoms with E-state index < -0.39 is 5.60 Å². The first-order valence-corrected chi connectivity index (χ1v) is 8.41. The minimum Gasteiger partial charge on any atom is -0.443 e. The van der Waals surface area contributed by atoms with Gasteiger partial charge in [-0.2, -0.15) is 0 Å². The van der Waals surface area contributed by atoms with Gasteiger partial charge in [-0.1, -0.05) is 5.92 Å². The highest BCUT2D eigenvalue weighted by atomic mass is 16.4. The number of aliphatic hydroxyl groups is 1. The smallest absolute Gasteiger partial charge is 0.289 e. The summed E-state index contributed by atoms with van der Waals surface area (Å²) >= 11 is 0. The third kappa shape index (κ3) is 4.16. The zero-order chi connectivity index (χ0) is 18.7. The molecule has 2 amide bonds. The SMILES string of the molecule is CC(C)(O)C#Cc1ccc(C(=O)N2CCN(C(=O)c3ccc[nH]3)CC2)o1. The molecule has 1 aliphatic heterocycles. The average Bonchev–Trinajstić information content (AvgIpc) is 3.30. The first-order chi connectivity index (χ1) is 12.3. The van der Waals surface area contributed by atoms with Gasteiger partial charge in [-0.15, -0.1) is 0 Å². The Kier molecular flexibility index (Phi) is 4.87. The van der Waals surface area contributed by atoms with Gasteiger partial charge in [0.25, 0.3) is 11.8 Å². The van der Waals surface area contributed by atoms with E-state index in [1.54, 1.807) is 54.1 Å². The number of hydrogen-bond donors (Lipinski definition) is 2. The molecule has 0 spiro atoms. The Balaban J connectivity index is 1.59. The highest BCUT2D eigenvalue weighted by Gasteiger charge is 2.27. The van der Waals surface area contributed by atoms with Crippen LogP contribution >= 0.6 is 0 Å². The number of rotatable bonds is 2. The Morgan fingerprint density at radius 3 is 2.35 bits per heavy atom. The lowest BCUT2D eigenvalue weighted by molar-refractivity contribution is 0.0515. The normalized spacial score (nSPS) is 14.7. The predicted molar refractivity (Wildman–Crippen MR) is 94.5 cm³/mol. The van der Waals surface area contributed by atoms with Crippen LogP contribution in [-0.4, -0.2) is 63.5 Å². The van der Waals surface area contributed by atoms with Gasteiger partial charge in [-0.25, -0.2) is 0 Å². The number of aromatic amines is 1. The van der Waals surface area contributed by atoms with Crippen LogP contribution in [0.25, 0.3) is 0 Å². The number of carbonyl (C=O) groups excluding carboxylic acids is 2. The van der Waals surface area contributed by atoms with Gasteiger partial charge >= 0.3 is 0 Å². The number of hydrogen-bond acceptors (Lipinski definition) is 4. The molecule has 26 heavy (non-hydrogen) atoms. The summed E-state index contributed by atoms with van der Waals surface area (Å²) in [6.07, 6.45) is 1.71. The summed E-state index contributed by atoms with van der Waals surface area (Å²) in [5.41, 5.74) is -0.579. The number of amides is 2. The second-order valence-corrected chi connectivity index (χ2v) is 6.64. The first kappa shape index (κ1) is 17.8. The Morgan fingerprint density at radius 1 is 1.12 bits per heavy atom. The van der Waals surface area contributed by atoms with E-state index in [2.05, 4.69) is 16.8 Å². The zero-order valence-electron chi connectivity index (χ0n) is 14.8. The van der Waals surface area contributed by atoms with Crippen LogP contribution in [0.4, 0.5) is 0 Å². The van der Waals surface area contributed by atoms with Crippen molar-refractivity contribution in [3.05, 3.63) is 47.7 Å². The fraction of sp³-hybridized carbons (Fsp3) is 0.368. The standard InChI is InChI=1S/C19H21N3O4/c1-19(2,25)8-7-14-5-6-16(26-14)18(24)22-12-10-21(11-13-22)17(23)15-4-3-9-20-15/h3-6,9,20,25H,10-13H2,1-2H3. The molecule has 1 fully saturated rings. The predicted octanol–water partition coefficient (Wildman–Crippen LogP) is 1.33. The van der Waals surface area contributed by atoms with Gasteiger partial charge in [0.15, 0.2) is 11.5 Å². The molecule has 3 rings (SSSR count). The second kappa shape index (κ2) is 7.10. The molecule has 1 saturated heterocycles. The van der Waals surface area contributed by atoms with E-state index in [0.717, 1.165) is 0 Å². The van der Waals surface area contributed by atoms with Gasteiger partial charge < -0.3 is 24.3 Å². The molecule has 1 aliphatic rings. The van der Waals surface area contributed by atoms with Crippen molar-refractivity contribution in [1.82, 2.24) is 14.8 Å². The molecular weight excluding hydrogens is 334 g/mol. The maximum absolute atomic E-state index is 12.5. The number of furan rings is 1. The molecule has 0 unspecified atom stereocenters. The summed E-state index contributed by atoms with van der Waals surface area (Å²) in [4.78, 5) is 31.1. The monoisotopic (exact) mass is 355 g/mol. The van der Waals surface area contributed by atoms with Gasteiger partial charge in [0, 0.05) is 32.4 Å². The molecule has 136 valence electrons. The Morgan fingerprint density at radius 2 is 1.77 bits per heavy atom. The Bertz CT molecular complexity index is 841. The quantitative estimate of drug-likeness (QED) is 0.796.